The number of amidine groups is 1. The first kappa shape index (κ1) is 26.1. The summed E-state index contributed by atoms with van der Waals surface area (Å²) in [5.41, 5.74) is 8.71. The van der Waals surface area contributed by atoms with E-state index in [1.54, 1.807) is 6.92 Å². The molecular formula is C31H37N3O. The van der Waals surface area contributed by atoms with Gasteiger partial charge in [0.1, 0.15) is 11.6 Å². The number of ketones is 1. The van der Waals surface area contributed by atoms with Crippen molar-refractivity contribution in [3.05, 3.63) is 107 Å². The van der Waals surface area contributed by atoms with E-state index in [2.05, 4.69) is 80.7 Å². The lowest BCUT2D eigenvalue weighted by Crippen LogP contribution is -2.31. The molecule has 0 spiro atoms. The number of carbonyl (C=O) groups is 1. The second-order valence-corrected chi connectivity index (χ2v) is 9.49. The molecule has 0 aliphatic carbocycles. The first-order valence-corrected chi connectivity index (χ1v) is 12.1. The molecule has 0 saturated carbocycles. The Labute approximate surface area is 210 Å². The molecule has 2 heterocycles. The summed E-state index contributed by atoms with van der Waals surface area (Å²) in [6.07, 6.45) is 1.45. The molecule has 182 valence electrons. The Morgan fingerprint density at radius 3 is 2.34 bits per heavy atom. The third kappa shape index (κ3) is 5.43. The minimum atomic E-state index is -0.335. The summed E-state index contributed by atoms with van der Waals surface area (Å²) in [5.74, 6) is 1.08. The van der Waals surface area contributed by atoms with Gasteiger partial charge in [0.05, 0.1) is 24.2 Å². The van der Waals surface area contributed by atoms with Crippen LogP contribution in [0.1, 0.15) is 55.9 Å². The van der Waals surface area contributed by atoms with Gasteiger partial charge in [-0.25, -0.2) is 4.99 Å². The van der Waals surface area contributed by atoms with Crippen LogP contribution in [-0.4, -0.2) is 35.3 Å². The van der Waals surface area contributed by atoms with Gasteiger partial charge in [-0.05, 0) is 44.4 Å². The summed E-state index contributed by atoms with van der Waals surface area (Å²) in [5, 5.41) is 0. The van der Waals surface area contributed by atoms with Gasteiger partial charge in [-0.1, -0.05) is 86.3 Å². The number of carbonyl (C=O) groups excluding carboxylic acids is 1. The topological polar surface area (TPSA) is 45.0 Å². The van der Waals surface area contributed by atoms with E-state index in [-0.39, 0.29) is 11.2 Å². The Bertz CT molecular complexity index is 1220. The smallest absolute Gasteiger partial charge is 0.144 e. The van der Waals surface area contributed by atoms with E-state index < -0.39 is 0 Å². The molecule has 1 atom stereocenters. The molecule has 35 heavy (non-hydrogen) atoms. The van der Waals surface area contributed by atoms with E-state index in [0.29, 0.717) is 19.5 Å². The molecule has 4 rings (SSSR count). The molecule has 4 nitrogen and oxygen atoms in total. The van der Waals surface area contributed by atoms with Gasteiger partial charge in [0.15, 0.2) is 0 Å². The fraction of sp³-hybridized carbons (Fsp3) is 0.323. The van der Waals surface area contributed by atoms with E-state index in [0.717, 1.165) is 40.5 Å². The summed E-state index contributed by atoms with van der Waals surface area (Å²) >= 11 is 0. The molecule has 2 aromatic rings. The predicted octanol–water partition coefficient (Wildman–Crippen LogP) is 6.74. The zero-order chi connectivity index (χ0) is 25.8. The van der Waals surface area contributed by atoms with Crippen molar-refractivity contribution in [3.63, 3.8) is 0 Å². The SMILES string of the molecule is C=C1CC(C(=C)C)(c2cc(C)ccc2C)C(=C)N1CC1=NCC(c2ccccc2)=N1.CCC(C)=O. The van der Waals surface area contributed by atoms with E-state index in [4.69, 9.17) is 4.99 Å². The Morgan fingerprint density at radius 1 is 1.09 bits per heavy atom. The number of aliphatic imine (C=N–C) groups is 2. The van der Waals surface area contributed by atoms with Crippen molar-refractivity contribution in [1.29, 1.82) is 0 Å². The number of hydrogen-bond acceptors (Lipinski definition) is 4. The maximum absolute atomic E-state index is 9.81. The van der Waals surface area contributed by atoms with Gasteiger partial charge < -0.3 is 9.69 Å². The minimum Gasteiger partial charge on any atom is -0.341 e. The van der Waals surface area contributed by atoms with E-state index >= 15 is 0 Å². The number of benzene rings is 2. The van der Waals surface area contributed by atoms with Crippen molar-refractivity contribution in [1.82, 2.24) is 4.90 Å². The zero-order valence-corrected chi connectivity index (χ0v) is 21.8. The molecular weight excluding hydrogens is 430 g/mol. The minimum absolute atomic E-state index is 0.255. The van der Waals surface area contributed by atoms with Gasteiger partial charge >= 0.3 is 0 Å². The Hall–Kier alpha value is -3.53. The van der Waals surface area contributed by atoms with Crippen molar-refractivity contribution in [2.24, 2.45) is 9.98 Å². The van der Waals surface area contributed by atoms with Gasteiger partial charge in [0.25, 0.3) is 0 Å². The molecule has 1 fully saturated rings. The average Bonchev–Trinajstić information content (AvgIpc) is 3.40. The summed E-state index contributed by atoms with van der Waals surface area (Å²) in [6, 6.07) is 16.9. The molecule has 0 N–H and O–H groups in total. The van der Waals surface area contributed by atoms with Crippen LogP contribution in [0.2, 0.25) is 0 Å². The van der Waals surface area contributed by atoms with Crippen LogP contribution in [-0.2, 0) is 10.2 Å². The third-order valence-electron chi connectivity index (χ3n) is 6.83. The van der Waals surface area contributed by atoms with Crippen molar-refractivity contribution in [2.75, 3.05) is 13.1 Å². The van der Waals surface area contributed by atoms with Crippen LogP contribution < -0.4 is 0 Å². The van der Waals surface area contributed by atoms with Crippen LogP contribution >= 0.6 is 0 Å². The third-order valence-corrected chi connectivity index (χ3v) is 6.83. The molecule has 4 heteroatoms. The van der Waals surface area contributed by atoms with Crippen molar-refractivity contribution in [2.45, 2.75) is 52.9 Å². The van der Waals surface area contributed by atoms with Gasteiger partial charge in [-0.2, -0.15) is 0 Å². The lowest BCUT2D eigenvalue weighted by Gasteiger charge is -2.34. The Kier molecular flexibility index (Phi) is 8.06. The zero-order valence-electron chi connectivity index (χ0n) is 21.8. The Balaban J connectivity index is 0.000000623. The molecule has 1 unspecified atom stereocenters. The van der Waals surface area contributed by atoms with Crippen molar-refractivity contribution >= 4 is 17.3 Å². The maximum Gasteiger partial charge on any atom is 0.144 e. The average molecular weight is 468 g/mol. The summed E-state index contributed by atoms with van der Waals surface area (Å²) in [6.45, 7) is 24.3. The van der Waals surface area contributed by atoms with Crippen LogP contribution in [0.5, 0.6) is 0 Å². The largest absolute Gasteiger partial charge is 0.341 e. The lowest BCUT2D eigenvalue weighted by molar-refractivity contribution is -0.116. The molecule has 2 aliphatic heterocycles. The van der Waals surface area contributed by atoms with Crippen molar-refractivity contribution in [3.8, 4) is 0 Å². The van der Waals surface area contributed by atoms with E-state index in [1.165, 1.54) is 16.7 Å². The monoisotopic (exact) mass is 467 g/mol. The van der Waals surface area contributed by atoms with E-state index in [9.17, 15) is 4.79 Å². The fourth-order valence-corrected chi connectivity index (χ4v) is 4.61. The van der Waals surface area contributed by atoms with Crippen LogP contribution in [0.4, 0.5) is 0 Å². The maximum atomic E-state index is 9.81. The fourth-order valence-electron chi connectivity index (χ4n) is 4.61. The molecule has 0 radical (unpaired) electrons. The van der Waals surface area contributed by atoms with Crippen LogP contribution in [0.3, 0.4) is 0 Å². The normalized spacial score (nSPS) is 19.2. The lowest BCUT2D eigenvalue weighted by atomic mass is 9.70. The summed E-state index contributed by atoms with van der Waals surface area (Å²) < 4.78 is 0. The number of Topliss-reactive ketones (excluding diaryl/α,β-unsaturated/α-hetero) is 1. The highest BCUT2D eigenvalue weighted by atomic mass is 16.1. The predicted molar refractivity (Wildman–Crippen MR) is 148 cm³/mol. The Morgan fingerprint density at radius 2 is 1.74 bits per heavy atom. The number of rotatable bonds is 6. The van der Waals surface area contributed by atoms with Crippen LogP contribution in [0.25, 0.3) is 0 Å². The second kappa shape index (κ2) is 10.8. The number of likely N-dealkylation sites (tertiary alicyclic amines) is 1. The molecule has 2 aromatic carbocycles. The quantitative estimate of drug-likeness (QED) is 0.442. The number of hydrogen-bond donors (Lipinski definition) is 0. The number of aryl methyl sites for hydroxylation is 2. The molecule has 1 saturated heterocycles. The van der Waals surface area contributed by atoms with Gasteiger partial charge in [0, 0.05) is 24.2 Å². The molecule has 0 bridgehead atoms. The first-order valence-electron chi connectivity index (χ1n) is 12.1. The van der Waals surface area contributed by atoms with Crippen LogP contribution in [0.15, 0.2) is 95.2 Å². The highest BCUT2D eigenvalue weighted by Gasteiger charge is 2.47. The first-order chi connectivity index (χ1) is 16.6. The van der Waals surface area contributed by atoms with Gasteiger partial charge in [-0.3, -0.25) is 4.99 Å². The molecule has 0 amide bonds. The highest BCUT2D eigenvalue weighted by molar-refractivity contribution is 6.13. The standard InChI is InChI=1S/C27H29N3.C4H8O/c1-18(2)27(24-14-19(3)12-13-20(24)4)15-21(5)30(22(27)6)17-26-28-16-25(29-26)23-10-8-7-9-11-23;1-3-4(2)5/h7-14H,1,5-6,15-17H2,2-4H3;3H2,1-2H3. The highest BCUT2D eigenvalue weighted by Crippen LogP contribution is 2.51. The van der Waals surface area contributed by atoms with Gasteiger partial charge in [-0.15, -0.1) is 0 Å². The van der Waals surface area contributed by atoms with Gasteiger partial charge in [0.2, 0.25) is 0 Å². The summed E-state index contributed by atoms with van der Waals surface area (Å²) in [7, 11) is 0. The number of allylic oxidation sites excluding steroid dienone is 2. The molecule has 0 aromatic heterocycles. The summed E-state index contributed by atoms with van der Waals surface area (Å²) in [4.78, 5) is 21.5. The molecule has 2 aliphatic rings. The van der Waals surface area contributed by atoms with Crippen molar-refractivity contribution < 1.29 is 4.79 Å². The van der Waals surface area contributed by atoms with E-state index in [1.807, 2.05) is 25.1 Å². The number of nitrogens with zero attached hydrogens (tertiary/aromatic N) is 3. The second-order valence-electron chi connectivity index (χ2n) is 9.49. The van der Waals surface area contributed by atoms with Crippen LogP contribution in [0, 0.1) is 13.8 Å².